The standard InChI is InChI=1S/C8H11NO2S/c1-9(2)4-6-3-7(8(10)11)12-5-6/h3,5H,4H2,1-2H3,(H,10,11). The van der Waals surface area contributed by atoms with Crippen molar-refractivity contribution in [3.05, 3.63) is 21.9 Å². The molecule has 0 saturated heterocycles. The van der Waals surface area contributed by atoms with Crippen LogP contribution in [-0.4, -0.2) is 30.1 Å². The van der Waals surface area contributed by atoms with Gasteiger partial charge in [-0.3, -0.25) is 0 Å². The largest absolute Gasteiger partial charge is 0.477 e. The molecule has 66 valence electrons. The van der Waals surface area contributed by atoms with Crippen molar-refractivity contribution in [2.45, 2.75) is 6.54 Å². The van der Waals surface area contributed by atoms with Gasteiger partial charge in [0.1, 0.15) is 4.88 Å². The third-order valence-electron chi connectivity index (χ3n) is 1.36. The number of carboxylic acid groups (broad SMARTS) is 1. The van der Waals surface area contributed by atoms with Gasteiger partial charge in [-0.15, -0.1) is 11.3 Å². The van der Waals surface area contributed by atoms with Gasteiger partial charge < -0.3 is 10.0 Å². The summed E-state index contributed by atoms with van der Waals surface area (Å²) in [6.07, 6.45) is 0. The molecule has 0 aromatic carbocycles. The molecule has 1 aromatic rings. The second kappa shape index (κ2) is 3.69. The van der Waals surface area contributed by atoms with Crippen LogP contribution in [0.3, 0.4) is 0 Å². The van der Waals surface area contributed by atoms with Gasteiger partial charge in [-0.25, -0.2) is 4.79 Å². The summed E-state index contributed by atoms with van der Waals surface area (Å²) >= 11 is 1.27. The van der Waals surface area contributed by atoms with Crippen LogP contribution < -0.4 is 0 Å². The minimum atomic E-state index is -0.843. The number of nitrogens with zero attached hydrogens (tertiary/aromatic N) is 1. The highest BCUT2D eigenvalue weighted by Crippen LogP contribution is 2.15. The molecular formula is C8H11NO2S. The molecule has 1 rings (SSSR count). The molecule has 0 radical (unpaired) electrons. The molecule has 3 nitrogen and oxygen atoms in total. The van der Waals surface area contributed by atoms with Crippen LogP contribution in [0.15, 0.2) is 11.4 Å². The van der Waals surface area contributed by atoms with E-state index in [1.165, 1.54) is 11.3 Å². The maximum atomic E-state index is 10.5. The van der Waals surface area contributed by atoms with E-state index in [0.717, 1.165) is 12.1 Å². The Morgan fingerprint density at radius 3 is 2.75 bits per heavy atom. The van der Waals surface area contributed by atoms with E-state index in [9.17, 15) is 4.79 Å². The first-order valence-electron chi connectivity index (χ1n) is 3.55. The maximum Gasteiger partial charge on any atom is 0.345 e. The van der Waals surface area contributed by atoms with Gasteiger partial charge in [0.2, 0.25) is 0 Å². The van der Waals surface area contributed by atoms with Crippen LogP contribution in [0.4, 0.5) is 0 Å². The van der Waals surface area contributed by atoms with Crippen LogP contribution in [-0.2, 0) is 6.54 Å². The third kappa shape index (κ3) is 2.32. The summed E-state index contributed by atoms with van der Waals surface area (Å²) in [5, 5.41) is 10.5. The fraction of sp³-hybridized carbons (Fsp3) is 0.375. The lowest BCUT2D eigenvalue weighted by atomic mass is 10.3. The molecule has 1 heterocycles. The lowest BCUT2D eigenvalue weighted by molar-refractivity contribution is 0.0702. The maximum absolute atomic E-state index is 10.5. The van der Waals surface area contributed by atoms with E-state index in [4.69, 9.17) is 5.11 Å². The van der Waals surface area contributed by atoms with Gasteiger partial charge in [-0.05, 0) is 31.1 Å². The molecule has 0 saturated carbocycles. The zero-order valence-electron chi connectivity index (χ0n) is 7.07. The van der Waals surface area contributed by atoms with E-state index in [0.29, 0.717) is 4.88 Å². The Hall–Kier alpha value is -0.870. The van der Waals surface area contributed by atoms with Crippen LogP contribution in [0.25, 0.3) is 0 Å². The van der Waals surface area contributed by atoms with Crippen molar-refractivity contribution >= 4 is 17.3 Å². The SMILES string of the molecule is CN(C)Cc1csc(C(=O)O)c1. The number of rotatable bonds is 3. The van der Waals surface area contributed by atoms with Crippen LogP contribution in [0.5, 0.6) is 0 Å². The molecule has 1 aromatic heterocycles. The van der Waals surface area contributed by atoms with Crippen molar-refractivity contribution in [2.24, 2.45) is 0 Å². The highest BCUT2D eigenvalue weighted by molar-refractivity contribution is 7.12. The zero-order chi connectivity index (χ0) is 9.14. The number of aromatic carboxylic acids is 1. The lowest BCUT2D eigenvalue weighted by Gasteiger charge is -2.05. The molecule has 0 aliphatic carbocycles. The fourth-order valence-corrected chi connectivity index (χ4v) is 1.68. The Morgan fingerprint density at radius 1 is 1.67 bits per heavy atom. The Morgan fingerprint density at radius 2 is 2.33 bits per heavy atom. The van der Waals surface area contributed by atoms with Crippen LogP contribution in [0.2, 0.25) is 0 Å². The number of hydrogen-bond acceptors (Lipinski definition) is 3. The normalized spacial score (nSPS) is 10.6. The van der Waals surface area contributed by atoms with Crippen molar-refractivity contribution < 1.29 is 9.90 Å². The van der Waals surface area contributed by atoms with Crippen molar-refractivity contribution in [3.8, 4) is 0 Å². The first-order valence-corrected chi connectivity index (χ1v) is 4.43. The van der Waals surface area contributed by atoms with Crippen LogP contribution >= 0.6 is 11.3 Å². The number of carbonyl (C=O) groups is 1. The molecule has 0 aliphatic rings. The first-order chi connectivity index (χ1) is 5.59. The number of thiophene rings is 1. The van der Waals surface area contributed by atoms with Gasteiger partial charge >= 0.3 is 5.97 Å². The van der Waals surface area contributed by atoms with Gasteiger partial charge in [0, 0.05) is 6.54 Å². The summed E-state index contributed by atoms with van der Waals surface area (Å²) in [4.78, 5) is 12.9. The Balaban J connectivity index is 2.71. The van der Waals surface area contributed by atoms with Gasteiger partial charge in [0.15, 0.2) is 0 Å². The highest BCUT2D eigenvalue weighted by Gasteiger charge is 2.06. The van der Waals surface area contributed by atoms with Gasteiger partial charge in [0.25, 0.3) is 0 Å². The van der Waals surface area contributed by atoms with Gasteiger partial charge in [-0.1, -0.05) is 0 Å². The van der Waals surface area contributed by atoms with E-state index in [-0.39, 0.29) is 0 Å². The summed E-state index contributed by atoms with van der Waals surface area (Å²) in [5.41, 5.74) is 1.06. The van der Waals surface area contributed by atoms with Crippen molar-refractivity contribution in [2.75, 3.05) is 14.1 Å². The summed E-state index contributed by atoms with van der Waals surface area (Å²) in [6, 6.07) is 1.72. The smallest absolute Gasteiger partial charge is 0.345 e. The number of carboxylic acids is 1. The lowest BCUT2D eigenvalue weighted by Crippen LogP contribution is -2.09. The molecule has 0 bridgehead atoms. The number of hydrogen-bond donors (Lipinski definition) is 1. The summed E-state index contributed by atoms with van der Waals surface area (Å²) in [7, 11) is 3.91. The minimum absolute atomic E-state index is 0.409. The summed E-state index contributed by atoms with van der Waals surface area (Å²) in [5.74, 6) is -0.843. The van der Waals surface area contributed by atoms with Crippen molar-refractivity contribution in [1.29, 1.82) is 0 Å². The molecule has 12 heavy (non-hydrogen) atoms. The fourth-order valence-electron chi connectivity index (χ4n) is 0.936. The van der Waals surface area contributed by atoms with E-state index in [1.807, 2.05) is 24.4 Å². The van der Waals surface area contributed by atoms with E-state index in [1.54, 1.807) is 6.07 Å². The predicted molar refractivity (Wildman–Crippen MR) is 48.7 cm³/mol. The van der Waals surface area contributed by atoms with Crippen molar-refractivity contribution in [1.82, 2.24) is 4.90 Å². The Kier molecular flexibility index (Phi) is 2.83. The molecule has 1 N–H and O–H groups in total. The summed E-state index contributed by atoms with van der Waals surface area (Å²) in [6.45, 7) is 0.795. The van der Waals surface area contributed by atoms with Crippen LogP contribution in [0.1, 0.15) is 15.2 Å². The molecular weight excluding hydrogens is 174 g/mol. The van der Waals surface area contributed by atoms with E-state index >= 15 is 0 Å². The minimum Gasteiger partial charge on any atom is -0.477 e. The average Bonchev–Trinajstić information content (AvgIpc) is 2.34. The second-order valence-corrected chi connectivity index (χ2v) is 3.77. The summed E-state index contributed by atoms with van der Waals surface area (Å²) < 4.78 is 0. The molecule has 0 fully saturated rings. The molecule has 0 amide bonds. The second-order valence-electron chi connectivity index (χ2n) is 2.86. The first kappa shape index (κ1) is 9.22. The van der Waals surface area contributed by atoms with Gasteiger partial charge in [0.05, 0.1) is 0 Å². The molecule has 4 heteroatoms. The average molecular weight is 185 g/mol. The zero-order valence-corrected chi connectivity index (χ0v) is 7.89. The van der Waals surface area contributed by atoms with Crippen LogP contribution in [0, 0.1) is 0 Å². The van der Waals surface area contributed by atoms with E-state index < -0.39 is 5.97 Å². The van der Waals surface area contributed by atoms with E-state index in [2.05, 4.69) is 0 Å². The highest BCUT2D eigenvalue weighted by atomic mass is 32.1. The van der Waals surface area contributed by atoms with Crippen molar-refractivity contribution in [3.63, 3.8) is 0 Å². The predicted octanol–water partition coefficient (Wildman–Crippen LogP) is 1.51. The van der Waals surface area contributed by atoms with Gasteiger partial charge in [-0.2, -0.15) is 0 Å². The molecule has 0 aliphatic heterocycles. The molecule has 0 spiro atoms. The topological polar surface area (TPSA) is 40.5 Å². The molecule has 0 atom stereocenters. The third-order valence-corrected chi connectivity index (χ3v) is 2.33. The molecule has 0 unspecified atom stereocenters. The monoisotopic (exact) mass is 185 g/mol. The Labute approximate surface area is 75.2 Å². The quantitative estimate of drug-likeness (QED) is 0.776. The Bertz CT molecular complexity index is 280.